The van der Waals surface area contributed by atoms with Crippen LogP contribution >= 0.6 is 22.7 Å². The largest absolute Gasteiger partial charge is 0.354 e. The quantitative estimate of drug-likeness (QED) is 0.814. The van der Waals surface area contributed by atoms with Gasteiger partial charge in [0.05, 0.1) is 10.6 Å². The number of anilines is 1. The summed E-state index contributed by atoms with van der Waals surface area (Å²) in [6.45, 7) is 4.02. The van der Waals surface area contributed by atoms with Gasteiger partial charge in [0, 0.05) is 17.8 Å². The number of hydrogen-bond acceptors (Lipinski definition) is 5. The van der Waals surface area contributed by atoms with Gasteiger partial charge in [-0.15, -0.1) is 22.7 Å². The van der Waals surface area contributed by atoms with Crippen molar-refractivity contribution in [3.8, 4) is 0 Å². The van der Waals surface area contributed by atoms with Crippen LogP contribution in [0.5, 0.6) is 0 Å². The zero-order valence-corrected chi connectivity index (χ0v) is 14.2. The van der Waals surface area contributed by atoms with E-state index in [9.17, 15) is 9.59 Å². The zero-order valence-electron chi connectivity index (χ0n) is 12.6. The van der Waals surface area contributed by atoms with Gasteiger partial charge in [-0.1, -0.05) is 13.0 Å². The van der Waals surface area contributed by atoms with E-state index in [2.05, 4.69) is 15.6 Å². The monoisotopic (exact) mass is 337 g/mol. The van der Waals surface area contributed by atoms with E-state index < -0.39 is 0 Å². The molecular formula is C15H19N3O2S2. The Kier molecular flexibility index (Phi) is 6.09. The van der Waals surface area contributed by atoms with E-state index in [4.69, 9.17) is 0 Å². The average molecular weight is 337 g/mol. The summed E-state index contributed by atoms with van der Waals surface area (Å²) < 4.78 is 0. The molecule has 0 fully saturated rings. The molecule has 5 nitrogen and oxygen atoms in total. The van der Waals surface area contributed by atoms with Gasteiger partial charge < -0.3 is 5.32 Å². The summed E-state index contributed by atoms with van der Waals surface area (Å²) in [5.74, 6) is -0.114. The number of hydrogen-bond donors (Lipinski definition) is 2. The molecule has 0 spiro atoms. The molecule has 0 radical (unpaired) electrons. The Labute approximate surface area is 137 Å². The number of nitrogens with one attached hydrogen (secondary N) is 2. The number of aryl methyl sites for hydroxylation is 1. The molecule has 0 saturated heterocycles. The minimum absolute atomic E-state index is 0.0338. The van der Waals surface area contributed by atoms with Crippen LogP contribution in [0.25, 0.3) is 0 Å². The van der Waals surface area contributed by atoms with Crippen LogP contribution in [0.15, 0.2) is 22.9 Å². The Morgan fingerprint density at radius 3 is 2.86 bits per heavy atom. The highest BCUT2D eigenvalue weighted by molar-refractivity contribution is 7.14. The maximum atomic E-state index is 11.9. The average Bonchev–Trinajstić information content (AvgIpc) is 3.16. The summed E-state index contributed by atoms with van der Waals surface area (Å²) in [5, 5.41) is 10.00. The van der Waals surface area contributed by atoms with Crippen LogP contribution < -0.4 is 10.6 Å². The summed E-state index contributed by atoms with van der Waals surface area (Å²) >= 11 is 2.77. The van der Waals surface area contributed by atoms with Crippen molar-refractivity contribution < 1.29 is 9.59 Å². The predicted octanol–water partition coefficient (Wildman–Crippen LogP) is 3.30. The van der Waals surface area contributed by atoms with Gasteiger partial charge in [0.25, 0.3) is 5.91 Å². The fourth-order valence-corrected chi connectivity index (χ4v) is 3.10. The highest BCUT2D eigenvalue weighted by Crippen LogP contribution is 2.18. The molecule has 2 aromatic rings. The third-order valence-corrected chi connectivity index (χ3v) is 4.82. The van der Waals surface area contributed by atoms with E-state index in [0.29, 0.717) is 22.9 Å². The number of carbonyl (C=O) groups is 2. The number of aromatic nitrogens is 1. The van der Waals surface area contributed by atoms with Crippen molar-refractivity contribution in [2.45, 2.75) is 39.2 Å². The first-order valence-electron chi connectivity index (χ1n) is 7.17. The predicted molar refractivity (Wildman–Crippen MR) is 90.6 cm³/mol. The standard InChI is InChI=1S/C15H19N3O2S2/c1-3-10(2)16-13(19)7-6-11-9-22-15(17-11)18-14(20)12-5-4-8-21-12/h4-5,8-10H,3,6-7H2,1-2H3,(H,16,19)(H,17,18,20)/t10-/m0/s1. The molecule has 2 heterocycles. The van der Waals surface area contributed by atoms with E-state index >= 15 is 0 Å². The molecule has 2 amide bonds. The second kappa shape index (κ2) is 8.05. The molecule has 0 aromatic carbocycles. The van der Waals surface area contributed by atoms with Crippen molar-refractivity contribution in [2.24, 2.45) is 0 Å². The van der Waals surface area contributed by atoms with Gasteiger partial charge in [0.15, 0.2) is 5.13 Å². The molecule has 0 aliphatic carbocycles. The molecule has 1 atom stereocenters. The van der Waals surface area contributed by atoms with Crippen molar-refractivity contribution >= 4 is 39.6 Å². The summed E-state index contributed by atoms with van der Waals surface area (Å²) in [7, 11) is 0. The summed E-state index contributed by atoms with van der Waals surface area (Å²) in [6, 6.07) is 3.81. The maximum Gasteiger partial charge on any atom is 0.267 e. The van der Waals surface area contributed by atoms with Crippen molar-refractivity contribution in [1.82, 2.24) is 10.3 Å². The Morgan fingerprint density at radius 2 is 2.18 bits per heavy atom. The molecular weight excluding hydrogens is 318 g/mol. The Hall–Kier alpha value is -1.73. The zero-order chi connectivity index (χ0) is 15.9. The third kappa shape index (κ3) is 4.92. The lowest BCUT2D eigenvalue weighted by Crippen LogP contribution is -2.32. The lowest BCUT2D eigenvalue weighted by atomic mass is 10.2. The molecule has 0 aliphatic rings. The molecule has 118 valence electrons. The Bertz CT molecular complexity index is 623. The number of carbonyl (C=O) groups excluding carboxylic acids is 2. The van der Waals surface area contributed by atoms with Crippen LogP contribution in [-0.2, 0) is 11.2 Å². The minimum Gasteiger partial charge on any atom is -0.354 e. The SMILES string of the molecule is CC[C@H](C)NC(=O)CCc1csc(NC(=O)c2cccs2)n1. The highest BCUT2D eigenvalue weighted by atomic mass is 32.1. The Morgan fingerprint density at radius 1 is 1.36 bits per heavy atom. The molecule has 2 aromatic heterocycles. The highest BCUT2D eigenvalue weighted by Gasteiger charge is 2.11. The molecule has 0 unspecified atom stereocenters. The molecule has 22 heavy (non-hydrogen) atoms. The summed E-state index contributed by atoms with van der Waals surface area (Å²) in [6.07, 6.45) is 1.90. The number of amides is 2. The van der Waals surface area contributed by atoms with E-state index in [1.165, 1.54) is 22.7 Å². The molecule has 0 bridgehead atoms. The lowest BCUT2D eigenvalue weighted by Gasteiger charge is -2.10. The van der Waals surface area contributed by atoms with Crippen LogP contribution in [0, 0.1) is 0 Å². The smallest absolute Gasteiger partial charge is 0.267 e. The third-order valence-electron chi connectivity index (χ3n) is 3.15. The van der Waals surface area contributed by atoms with Crippen molar-refractivity contribution in [2.75, 3.05) is 5.32 Å². The lowest BCUT2D eigenvalue weighted by molar-refractivity contribution is -0.121. The summed E-state index contributed by atoms with van der Waals surface area (Å²) in [4.78, 5) is 28.6. The first-order chi connectivity index (χ1) is 10.6. The second-order valence-electron chi connectivity index (χ2n) is 4.95. The minimum atomic E-state index is -0.148. The topological polar surface area (TPSA) is 71.1 Å². The van der Waals surface area contributed by atoms with Crippen molar-refractivity contribution in [1.29, 1.82) is 0 Å². The molecule has 7 heteroatoms. The van der Waals surface area contributed by atoms with Crippen LogP contribution in [0.3, 0.4) is 0 Å². The molecule has 2 rings (SSSR count). The van der Waals surface area contributed by atoms with Crippen LogP contribution in [0.2, 0.25) is 0 Å². The first kappa shape index (κ1) is 16.6. The summed E-state index contributed by atoms with van der Waals surface area (Å²) in [5.41, 5.74) is 0.825. The second-order valence-corrected chi connectivity index (χ2v) is 6.76. The van der Waals surface area contributed by atoms with Crippen LogP contribution in [0.4, 0.5) is 5.13 Å². The van der Waals surface area contributed by atoms with Gasteiger partial charge >= 0.3 is 0 Å². The number of thiazole rings is 1. The van der Waals surface area contributed by atoms with Crippen molar-refractivity contribution in [3.63, 3.8) is 0 Å². The van der Waals surface area contributed by atoms with Gasteiger partial charge in [0.2, 0.25) is 5.91 Å². The first-order valence-corrected chi connectivity index (χ1v) is 8.93. The van der Waals surface area contributed by atoms with Gasteiger partial charge in [0.1, 0.15) is 0 Å². The fraction of sp³-hybridized carbons (Fsp3) is 0.400. The van der Waals surface area contributed by atoms with Gasteiger partial charge in [-0.3, -0.25) is 14.9 Å². The van der Waals surface area contributed by atoms with Crippen LogP contribution in [0.1, 0.15) is 42.1 Å². The van der Waals surface area contributed by atoms with Gasteiger partial charge in [-0.05, 0) is 31.2 Å². The normalized spacial score (nSPS) is 11.9. The number of thiophene rings is 1. The molecule has 0 aliphatic heterocycles. The van der Waals surface area contributed by atoms with Gasteiger partial charge in [-0.25, -0.2) is 4.98 Å². The van der Waals surface area contributed by atoms with E-state index in [-0.39, 0.29) is 17.9 Å². The van der Waals surface area contributed by atoms with Crippen LogP contribution in [-0.4, -0.2) is 22.8 Å². The van der Waals surface area contributed by atoms with Gasteiger partial charge in [-0.2, -0.15) is 0 Å². The van der Waals surface area contributed by atoms with Crippen molar-refractivity contribution in [3.05, 3.63) is 33.5 Å². The fourth-order valence-electron chi connectivity index (χ4n) is 1.74. The maximum absolute atomic E-state index is 11.9. The number of rotatable bonds is 7. The molecule has 2 N–H and O–H groups in total. The Balaban J connectivity index is 1.81. The molecule has 0 saturated carbocycles. The number of nitrogens with zero attached hydrogens (tertiary/aromatic N) is 1. The van der Waals surface area contributed by atoms with E-state index in [1.807, 2.05) is 30.7 Å². The van der Waals surface area contributed by atoms with E-state index in [1.54, 1.807) is 6.07 Å². The van der Waals surface area contributed by atoms with E-state index in [0.717, 1.165) is 12.1 Å².